The van der Waals surface area contributed by atoms with Crippen molar-refractivity contribution >= 4 is 11.6 Å². The summed E-state index contributed by atoms with van der Waals surface area (Å²) in [5.74, 6) is 0.650. The van der Waals surface area contributed by atoms with Gasteiger partial charge in [0.05, 0.1) is 7.11 Å². The molecular formula is C26H28N2O2. The first kappa shape index (κ1) is 20.2. The molecular weight excluding hydrogens is 372 g/mol. The summed E-state index contributed by atoms with van der Waals surface area (Å²) in [6.45, 7) is 4.13. The summed E-state index contributed by atoms with van der Waals surface area (Å²) in [4.78, 5) is 15.3. The van der Waals surface area contributed by atoms with Gasteiger partial charge in [0.2, 0.25) is 0 Å². The van der Waals surface area contributed by atoms with Crippen LogP contribution in [0.3, 0.4) is 0 Å². The summed E-state index contributed by atoms with van der Waals surface area (Å²) in [6.07, 6.45) is 2.00. The molecule has 0 bridgehead atoms. The van der Waals surface area contributed by atoms with Crippen LogP contribution in [-0.2, 0) is 13.0 Å². The molecule has 0 saturated heterocycles. The van der Waals surface area contributed by atoms with Crippen LogP contribution in [0.15, 0.2) is 72.8 Å². The van der Waals surface area contributed by atoms with Crippen molar-refractivity contribution in [2.24, 2.45) is 0 Å². The molecule has 30 heavy (non-hydrogen) atoms. The van der Waals surface area contributed by atoms with Crippen LogP contribution in [-0.4, -0.2) is 24.5 Å². The van der Waals surface area contributed by atoms with E-state index in [1.807, 2.05) is 24.3 Å². The SMILES string of the molecule is CCC(c1ccccc1)N1CCc2c(cccc2NC(=O)c2ccc(OC)cc2)C1. The number of anilines is 1. The number of ether oxygens (including phenoxy) is 1. The van der Waals surface area contributed by atoms with E-state index >= 15 is 0 Å². The Hall–Kier alpha value is -3.11. The zero-order valence-electron chi connectivity index (χ0n) is 17.6. The summed E-state index contributed by atoms with van der Waals surface area (Å²) < 4.78 is 5.18. The Bertz CT molecular complexity index is 999. The average molecular weight is 401 g/mol. The average Bonchev–Trinajstić information content (AvgIpc) is 2.80. The summed E-state index contributed by atoms with van der Waals surface area (Å²) in [7, 11) is 1.62. The van der Waals surface area contributed by atoms with Crippen LogP contribution in [0.5, 0.6) is 5.75 Å². The lowest BCUT2D eigenvalue weighted by molar-refractivity contribution is 0.102. The molecule has 1 heterocycles. The first-order chi connectivity index (χ1) is 14.7. The first-order valence-electron chi connectivity index (χ1n) is 10.5. The number of fused-ring (bicyclic) bond motifs is 1. The van der Waals surface area contributed by atoms with Gasteiger partial charge in [0.25, 0.3) is 5.91 Å². The highest BCUT2D eigenvalue weighted by Crippen LogP contribution is 2.33. The molecule has 4 heteroatoms. The Morgan fingerprint density at radius 3 is 2.50 bits per heavy atom. The van der Waals surface area contributed by atoms with Crippen molar-refractivity contribution in [1.82, 2.24) is 4.90 Å². The van der Waals surface area contributed by atoms with E-state index in [1.54, 1.807) is 19.2 Å². The van der Waals surface area contributed by atoms with Gasteiger partial charge < -0.3 is 10.1 Å². The molecule has 1 N–H and O–H groups in total. The number of nitrogens with zero attached hydrogens (tertiary/aromatic N) is 1. The predicted octanol–water partition coefficient (Wildman–Crippen LogP) is 5.46. The lowest BCUT2D eigenvalue weighted by atomic mass is 9.94. The Balaban J connectivity index is 1.51. The number of rotatable bonds is 6. The number of nitrogens with one attached hydrogen (secondary N) is 1. The quantitative estimate of drug-likeness (QED) is 0.598. The molecule has 3 aromatic carbocycles. The molecule has 1 aliphatic rings. The fourth-order valence-corrected chi connectivity index (χ4v) is 4.33. The summed E-state index contributed by atoms with van der Waals surface area (Å²) >= 11 is 0. The van der Waals surface area contributed by atoms with Gasteiger partial charge in [-0.15, -0.1) is 0 Å². The maximum absolute atomic E-state index is 12.7. The summed E-state index contributed by atoms with van der Waals surface area (Å²) in [5.41, 5.74) is 5.45. The fraction of sp³-hybridized carbons (Fsp3) is 0.269. The molecule has 0 fully saturated rings. The van der Waals surface area contributed by atoms with Gasteiger partial charge in [-0.25, -0.2) is 0 Å². The second kappa shape index (κ2) is 9.14. The van der Waals surface area contributed by atoms with Gasteiger partial charge in [0.1, 0.15) is 5.75 Å². The molecule has 4 nitrogen and oxygen atoms in total. The smallest absolute Gasteiger partial charge is 0.255 e. The van der Waals surface area contributed by atoms with Gasteiger partial charge in [-0.3, -0.25) is 9.69 Å². The largest absolute Gasteiger partial charge is 0.497 e. The van der Waals surface area contributed by atoms with Crippen LogP contribution in [0.1, 0.15) is 46.4 Å². The highest BCUT2D eigenvalue weighted by Gasteiger charge is 2.25. The molecule has 0 radical (unpaired) electrons. The highest BCUT2D eigenvalue weighted by molar-refractivity contribution is 6.04. The molecule has 1 atom stereocenters. The molecule has 1 unspecified atom stereocenters. The number of methoxy groups -OCH3 is 1. The van der Waals surface area contributed by atoms with Crippen molar-refractivity contribution in [1.29, 1.82) is 0 Å². The molecule has 1 aliphatic heterocycles. The second-order valence-electron chi connectivity index (χ2n) is 7.68. The third-order valence-electron chi connectivity index (χ3n) is 5.91. The minimum absolute atomic E-state index is 0.0933. The number of carbonyl (C=O) groups is 1. The Morgan fingerprint density at radius 2 is 1.80 bits per heavy atom. The van der Waals surface area contributed by atoms with Gasteiger partial charge in [-0.2, -0.15) is 0 Å². The van der Waals surface area contributed by atoms with Crippen molar-refractivity contribution in [2.75, 3.05) is 19.0 Å². The third-order valence-corrected chi connectivity index (χ3v) is 5.91. The zero-order valence-corrected chi connectivity index (χ0v) is 17.6. The lowest BCUT2D eigenvalue weighted by Crippen LogP contribution is -2.34. The Labute approximate surface area is 178 Å². The number of hydrogen-bond donors (Lipinski definition) is 1. The van der Waals surface area contributed by atoms with E-state index < -0.39 is 0 Å². The molecule has 154 valence electrons. The van der Waals surface area contributed by atoms with Gasteiger partial charge in [-0.05, 0) is 59.9 Å². The molecule has 1 amide bonds. The van der Waals surface area contributed by atoms with E-state index in [4.69, 9.17) is 4.74 Å². The number of carbonyl (C=O) groups excluding carboxylic acids is 1. The highest BCUT2D eigenvalue weighted by atomic mass is 16.5. The predicted molar refractivity (Wildman–Crippen MR) is 121 cm³/mol. The minimum atomic E-state index is -0.0933. The summed E-state index contributed by atoms with van der Waals surface area (Å²) in [5, 5.41) is 3.12. The van der Waals surface area contributed by atoms with Crippen LogP contribution in [0.4, 0.5) is 5.69 Å². The molecule has 0 aromatic heterocycles. The number of benzene rings is 3. The normalized spacial score (nSPS) is 14.6. The Kier molecular flexibility index (Phi) is 6.15. The van der Waals surface area contributed by atoms with Crippen LogP contribution < -0.4 is 10.1 Å². The van der Waals surface area contributed by atoms with Gasteiger partial charge in [-0.1, -0.05) is 49.4 Å². The van der Waals surface area contributed by atoms with Crippen LogP contribution in [0.25, 0.3) is 0 Å². The number of amides is 1. The lowest BCUT2D eigenvalue weighted by Gasteiger charge is -2.36. The molecule has 4 rings (SSSR count). The molecule has 0 aliphatic carbocycles. The van der Waals surface area contributed by atoms with Crippen LogP contribution >= 0.6 is 0 Å². The standard InChI is InChI=1S/C26H28N2O2/c1-3-25(19-8-5-4-6-9-19)28-17-16-23-21(18-28)10-7-11-24(23)27-26(29)20-12-14-22(30-2)15-13-20/h4-15,25H,3,16-18H2,1-2H3,(H,27,29). The van der Waals surface area contributed by atoms with E-state index in [0.29, 0.717) is 11.6 Å². The van der Waals surface area contributed by atoms with E-state index in [-0.39, 0.29) is 5.91 Å². The van der Waals surface area contributed by atoms with Gasteiger partial charge >= 0.3 is 0 Å². The van der Waals surface area contributed by atoms with Crippen molar-refractivity contribution < 1.29 is 9.53 Å². The Morgan fingerprint density at radius 1 is 1.03 bits per heavy atom. The topological polar surface area (TPSA) is 41.6 Å². The molecule has 3 aromatic rings. The first-order valence-corrected chi connectivity index (χ1v) is 10.5. The van der Waals surface area contributed by atoms with Crippen molar-refractivity contribution in [3.05, 3.63) is 95.1 Å². The van der Waals surface area contributed by atoms with Crippen LogP contribution in [0, 0.1) is 0 Å². The van der Waals surface area contributed by atoms with Gasteiger partial charge in [0.15, 0.2) is 0 Å². The number of hydrogen-bond acceptors (Lipinski definition) is 3. The van der Waals surface area contributed by atoms with E-state index in [0.717, 1.165) is 37.4 Å². The maximum Gasteiger partial charge on any atom is 0.255 e. The van der Waals surface area contributed by atoms with E-state index in [2.05, 4.69) is 53.5 Å². The second-order valence-corrected chi connectivity index (χ2v) is 7.68. The molecule has 0 spiro atoms. The van der Waals surface area contributed by atoms with E-state index in [9.17, 15) is 4.79 Å². The maximum atomic E-state index is 12.7. The minimum Gasteiger partial charge on any atom is -0.497 e. The zero-order chi connectivity index (χ0) is 20.9. The van der Waals surface area contributed by atoms with Crippen molar-refractivity contribution in [2.45, 2.75) is 32.4 Å². The third kappa shape index (κ3) is 4.24. The van der Waals surface area contributed by atoms with Crippen LogP contribution in [0.2, 0.25) is 0 Å². The van der Waals surface area contributed by atoms with Crippen molar-refractivity contribution in [3.63, 3.8) is 0 Å². The fourth-order valence-electron chi connectivity index (χ4n) is 4.33. The monoisotopic (exact) mass is 400 g/mol. The van der Waals surface area contributed by atoms with Crippen molar-refractivity contribution in [3.8, 4) is 5.75 Å². The van der Waals surface area contributed by atoms with E-state index in [1.165, 1.54) is 16.7 Å². The summed E-state index contributed by atoms with van der Waals surface area (Å²) in [6, 6.07) is 24.6. The molecule has 0 saturated carbocycles. The van der Waals surface area contributed by atoms with Gasteiger partial charge in [0, 0.05) is 30.4 Å².